The van der Waals surface area contributed by atoms with Crippen molar-refractivity contribution in [3.05, 3.63) is 65.2 Å². The number of ether oxygens (including phenoxy) is 2. The minimum absolute atomic E-state index is 0.188. The van der Waals surface area contributed by atoms with Crippen LogP contribution in [0.2, 0.25) is 0 Å². The summed E-state index contributed by atoms with van der Waals surface area (Å²) in [7, 11) is 1.55. The van der Waals surface area contributed by atoms with Gasteiger partial charge in [0, 0.05) is 6.07 Å². The summed E-state index contributed by atoms with van der Waals surface area (Å²) < 4.78 is 23.5. The molecule has 0 amide bonds. The fourth-order valence-electron chi connectivity index (χ4n) is 2.00. The van der Waals surface area contributed by atoms with E-state index in [1.54, 1.807) is 43.5 Å². The molecular formula is C16H11FO3. The van der Waals surface area contributed by atoms with E-state index in [-0.39, 0.29) is 17.4 Å². The number of Topliss-reactive ketones (excluding diaryl/α,β-unsaturated/α-hetero) is 1. The number of rotatable bonds is 2. The van der Waals surface area contributed by atoms with Crippen LogP contribution in [0.4, 0.5) is 4.39 Å². The normalized spacial score (nSPS) is 15.1. The molecule has 1 aliphatic rings. The summed E-state index contributed by atoms with van der Waals surface area (Å²) in [5.74, 6) is 0.813. The zero-order chi connectivity index (χ0) is 14.1. The molecular weight excluding hydrogens is 259 g/mol. The second-order valence-corrected chi connectivity index (χ2v) is 4.35. The number of hydrogen-bond acceptors (Lipinski definition) is 3. The van der Waals surface area contributed by atoms with Crippen LogP contribution in [-0.2, 0) is 0 Å². The molecule has 0 spiro atoms. The molecule has 0 saturated heterocycles. The quantitative estimate of drug-likeness (QED) is 0.784. The molecule has 0 bridgehead atoms. The first-order valence-electron chi connectivity index (χ1n) is 6.05. The molecule has 0 atom stereocenters. The predicted octanol–water partition coefficient (Wildman–Crippen LogP) is 3.45. The first-order valence-corrected chi connectivity index (χ1v) is 6.05. The molecule has 1 heterocycles. The molecule has 3 nitrogen and oxygen atoms in total. The van der Waals surface area contributed by atoms with Gasteiger partial charge in [-0.3, -0.25) is 4.79 Å². The Labute approximate surface area is 115 Å². The minimum atomic E-state index is -0.321. The molecule has 20 heavy (non-hydrogen) atoms. The van der Waals surface area contributed by atoms with E-state index >= 15 is 0 Å². The largest absolute Gasteiger partial charge is 0.497 e. The Morgan fingerprint density at radius 2 is 1.90 bits per heavy atom. The van der Waals surface area contributed by atoms with Gasteiger partial charge in [-0.05, 0) is 35.9 Å². The highest BCUT2D eigenvalue weighted by molar-refractivity contribution is 6.14. The number of hydrogen-bond donors (Lipinski definition) is 0. The molecule has 0 N–H and O–H groups in total. The lowest BCUT2D eigenvalue weighted by Crippen LogP contribution is -1.97. The summed E-state index contributed by atoms with van der Waals surface area (Å²) in [4.78, 5) is 12.2. The second kappa shape index (κ2) is 4.81. The maximum Gasteiger partial charge on any atom is 0.231 e. The highest BCUT2D eigenvalue weighted by atomic mass is 19.1. The van der Waals surface area contributed by atoms with Crippen molar-refractivity contribution in [2.75, 3.05) is 7.11 Å². The van der Waals surface area contributed by atoms with Gasteiger partial charge in [0.05, 0.1) is 12.7 Å². The zero-order valence-electron chi connectivity index (χ0n) is 10.7. The molecule has 0 radical (unpaired) electrons. The van der Waals surface area contributed by atoms with Crippen LogP contribution in [0.15, 0.2) is 48.2 Å². The Hall–Kier alpha value is -2.62. The molecule has 3 rings (SSSR count). The summed E-state index contributed by atoms with van der Waals surface area (Å²) in [6.45, 7) is 0. The lowest BCUT2D eigenvalue weighted by Gasteiger charge is -2.01. The number of benzene rings is 2. The van der Waals surface area contributed by atoms with E-state index in [4.69, 9.17) is 9.47 Å². The van der Waals surface area contributed by atoms with E-state index in [0.717, 1.165) is 0 Å². The van der Waals surface area contributed by atoms with E-state index in [2.05, 4.69) is 0 Å². The van der Waals surface area contributed by atoms with Crippen molar-refractivity contribution in [2.24, 2.45) is 0 Å². The van der Waals surface area contributed by atoms with Crippen LogP contribution in [0.1, 0.15) is 15.9 Å². The van der Waals surface area contributed by atoms with Gasteiger partial charge in [-0.15, -0.1) is 0 Å². The van der Waals surface area contributed by atoms with E-state index < -0.39 is 0 Å². The van der Waals surface area contributed by atoms with Crippen LogP contribution in [0.5, 0.6) is 11.5 Å². The van der Waals surface area contributed by atoms with Gasteiger partial charge in [-0.1, -0.05) is 12.1 Å². The molecule has 0 aromatic heterocycles. The number of carbonyl (C=O) groups excluding carboxylic acids is 1. The lowest BCUT2D eigenvalue weighted by atomic mass is 10.1. The number of ketones is 1. The molecule has 2 aromatic rings. The van der Waals surface area contributed by atoms with Crippen molar-refractivity contribution in [1.29, 1.82) is 0 Å². The number of halogens is 1. The third-order valence-electron chi connectivity index (χ3n) is 3.04. The summed E-state index contributed by atoms with van der Waals surface area (Å²) in [6.07, 6.45) is 1.59. The highest BCUT2D eigenvalue weighted by Crippen LogP contribution is 2.34. The third kappa shape index (κ3) is 2.16. The van der Waals surface area contributed by atoms with Gasteiger partial charge in [0.25, 0.3) is 0 Å². The van der Waals surface area contributed by atoms with Gasteiger partial charge in [0.15, 0.2) is 5.76 Å². The van der Waals surface area contributed by atoms with Crippen molar-refractivity contribution in [2.45, 2.75) is 0 Å². The summed E-state index contributed by atoms with van der Waals surface area (Å²) in [5, 5.41) is 0. The average molecular weight is 270 g/mol. The minimum Gasteiger partial charge on any atom is -0.497 e. The molecule has 1 aliphatic heterocycles. The van der Waals surface area contributed by atoms with Crippen molar-refractivity contribution in [1.82, 2.24) is 0 Å². The van der Waals surface area contributed by atoms with Gasteiger partial charge >= 0.3 is 0 Å². The van der Waals surface area contributed by atoms with Crippen LogP contribution in [0.3, 0.4) is 0 Å². The van der Waals surface area contributed by atoms with E-state index in [1.807, 2.05) is 0 Å². The Kier molecular flexibility index (Phi) is 2.99. The van der Waals surface area contributed by atoms with Gasteiger partial charge in [0.1, 0.15) is 17.3 Å². The number of fused-ring (bicyclic) bond motifs is 1. The van der Waals surface area contributed by atoms with Crippen LogP contribution in [-0.4, -0.2) is 12.9 Å². The maximum atomic E-state index is 12.8. The van der Waals surface area contributed by atoms with Crippen LogP contribution >= 0.6 is 0 Å². The van der Waals surface area contributed by atoms with Gasteiger partial charge in [0.2, 0.25) is 5.78 Å². The molecule has 100 valence electrons. The summed E-state index contributed by atoms with van der Waals surface area (Å²) in [5.41, 5.74) is 1.20. The predicted molar refractivity (Wildman–Crippen MR) is 72.3 cm³/mol. The van der Waals surface area contributed by atoms with Crippen molar-refractivity contribution < 1.29 is 18.7 Å². The van der Waals surface area contributed by atoms with Crippen molar-refractivity contribution >= 4 is 11.9 Å². The first kappa shape index (κ1) is 12.4. The fraction of sp³-hybridized carbons (Fsp3) is 0.0625. The van der Waals surface area contributed by atoms with Crippen LogP contribution < -0.4 is 9.47 Å². The topological polar surface area (TPSA) is 35.5 Å². The number of methoxy groups -OCH3 is 1. The molecule has 4 heteroatoms. The molecule has 2 aromatic carbocycles. The summed E-state index contributed by atoms with van der Waals surface area (Å²) >= 11 is 0. The van der Waals surface area contributed by atoms with Crippen molar-refractivity contribution in [3.8, 4) is 11.5 Å². The van der Waals surface area contributed by atoms with Gasteiger partial charge in [-0.2, -0.15) is 0 Å². The molecule has 0 unspecified atom stereocenters. The van der Waals surface area contributed by atoms with Gasteiger partial charge < -0.3 is 9.47 Å². The lowest BCUT2D eigenvalue weighted by molar-refractivity contribution is 0.101. The van der Waals surface area contributed by atoms with Crippen LogP contribution in [0, 0.1) is 5.82 Å². The first-order chi connectivity index (χ1) is 9.67. The third-order valence-corrected chi connectivity index (χ3v) is 3.04. The zero-order valence-corrected chi connectivity index (χ0v) is 10.7. The van der Waals surface area contributed by atoms with Crippen LogP contribution in [0.25, 0.3) is 6.08 Å². The molecule has 0 aliphatic carbocycles. The smallest absolute Gasteiger partial charge is 0.231 e. The van der Waals surface area contributed by atoms with Gasteiger partial charge in [-0.25, -0.2) is 4.39 Å². The average Bonchev–Trinajstić information content (AvgIpc) is 2.77. The van der Waals surface area contributed by atoms with Crippen molar-refractivity contribution in [3.63, 3.8) is 0 Å². The van der Waals surface area contributed by atoms with E-state index in [1.165, 1.54) is 12.1 Å². The Bertz CT molecular complexity index is 702. The molecule has 0 fully saturated rings. The monoisotopic (exact) mass is 270 g/mol. The fourth-order valence-corrected chi connectivity index (χ4v) is 2.00. The Morgan fingerprint density at radius 3 is 2.60 bits per heavy atom. The highest BCUT2D eigenvalue weighted by Gasteiger charge is 2.27. The van der Waals surface area contributed by atoms with E-state index in [9.17, 15) is 9.18 Å². The second-order valence-electron chi connectivity index (χ2n) is 4.35. The van der Waals surface area contributed by atoms with E-state index in [0.29, 0.717) is 22.6 Å². The summed E-state index contributed by atoms with van der Waals surface area (Å²) in [6, 6.07) is 10.9. The Balaban J connectivity index is 1.94. The molecule has 0 saturated carbocycles. The maximum absolute atomic E-state index is 12.8. The standard InChI is InChI=1S/C16H11FO3/c1-19-12-6-7-13-14(9-12)20-15(16(13)18)8-10-2-4-11(17)5-3-10/h2-9H,1H3/b15-8+. The number of allylic oxidation sites excluding steroid dienone is 1. The SMILES string of the molecule is COc1ccc2c(c1)O/C(=C/c1ccc(F)cc1)C2=O. The number of carbonyl (C=O) groups is 1. The Morgan fingerprint density at radius 1 is 1.15 bits per heavy atom.